The predicted octanol–water partition coefficient (Wildman–Crippen LogP) is 2.27. The molecule has 1 N–H and O–H groups in total. The van der Waals surface area contributed by atoms with Gasteiger partial charge in [0.25, 0.3) is 0 Å². The van der Waals surface area contributed by atoms with Crippen LogP contribution in [0.4, 0.5) is 5.69 Å². The summed E-state index contributed by atoms with van der Waals surface area (Å²) in [7, 11) is 3.80. The summed E-state index contributed by atoms with van der Waals surface area (Å²) < 4.78 is 5.57. The zero-order valence-corrected chi connectivity index (χ0v) is 11.6. The molecule has 0 bridgehead atoms. The van der Waals surface area contributed by atoms with Crippen molar-refractivity contribution in [1.29, 1.82) is 0 Å². The highest BCUT2D eigenvalue weighted by Gasteiger charge is 2.25. The lowest BCUT2D eigenvalue weighted by Gasteiger charge is -2.37. The summed E-state index contributed by atoms with van der Waals surface area (Å²) in [6, 6.07) is 8.84. The monoisotopic (exact) mass is 248 g/mol. The van der Waals surface area contributed by atoms with E-state index >= 15 is 0 Å². The number of anilines is 1. The van der Waals surface area contributed by atoms with Crippen LogP contribution in [0, 0.1) is 5.92 Å². The highest BCUT2D eigenvalue weighted by atomic mass is 16.5. The molecule has 1 saturated heterocycles. The lowest BCUT2D eigenvalue weighted by molar-refractivity contribution is 0.0498. The van der Waals surface area contributed by atoms with Gasteiger partial charge < -0.3 is 15.0 Å². The number of nitrogens with zero attached hydrogens (tertiary/aromatic N) is 1. The Morgan fingerprint density at radius 2 is 2.06 bits per heavy atom. The van der Waals surface area contributed by atoms with E-state index in [1.54, 1.807) is 0 Å². The molecular weight excluding hydrogens is 224 g/mol. The number of rotatable bonds is 4. The third-order valence-electron chi connectivity index (χ3n) is 3.87. The molecule has 2 unspecified atom stereocenters. The second kappa shape index (κ2) is 6.21. The first-order valence-corrected chi connectivity index (χ1v) is 6.76. The number of ether oxygens (including phenoxy) is 1. The fraction of sp³-hybridized carbons (Fsp3) is 0.600. The molecule has 1 heterocycles. The summed E-state index contributed by atoms with van der Waals surface area (Å²) in [4.78, 5) is 2.43. The second-order valence-electron chi connectivity index (χ2n) is 5.18. The van der Waals surface area contributed by atoms with Gasteiger partial charge in [-0.05, 0) is 37.1 Å². The molecule has 0 saturated carbocycles. The van der Waals surface area contributed by atoms with Crippen molar-refractivity contribution < 1.29 is 4.74 Å². The number of hydrogen-bond acceptors (Lipinski definition) is 3. The summed E-state index contributed by atoms with van der Waals surface area (Å²) in [5.41, 5.74) is 2.64. The van der Waals surface area contributed by atoms with E-state index in [2.05, 4.69) is 41.4 Å². The Morgan fingerprint density at radius 3 is 2.67 bits per heavy atom. The first kappa shape index (κ1) is 13.4. The van der Waals surface area contributed by atoms with E-state index in [4.69, 9.17) is 4.74 Å². The maximum absolute atomic E-state index is 5.57. The topological polar surface area (TPSA) is 24.5 Å². The van der Waals surface area contributed by atoms with Crippen LogP contribution in [-0.4, -0.2) is 33.4 Å². The molecule has 1 aromatic rings. The average molecular weight is 248 g/mol. The van der Waals surface area contributed by atoms with Gasteiger partial charge in [0.1, 0.15) is 0 Å². The fourth-order valence-electron chi connectivity index (χ4n) is 2.60. The predicted molar refractivity (Wildman–Crippen MR) is 76.0 cm³/mol. The van der Waals surface area contributed by atoms with Crippen molar-refractivity contribution >= 4 is 5.69 Å². The highest BCUT2D eigenvalue weighted by molar-refractivity contribution is 5.48. The first-order valence-electron chi connectivity index (χ1n) is 6.76. The van der Waals surface area contributed by atoms with E-state index in [1.807, 2.05) is 14.2 Å². The van der Waals surface area contributed by atoms with E-state index in [-0.39, 0.29) is 0 Å². The van der Waals surface area contributed by atoms with Crippen LogP contribution in [0.3, 0.4) is 0 Å². The molecule has 1 fully saturated rings. The van der Waals surface area contributed by atoms with Crippen LogP contribution in [0.1, 0.15) is 18.9 Å². The van der Waals surface area contributed by atoms with Gasteiger partial charge in [-0.3, -0.25) is 0 Å². The van der Waals surface area contributed by atoms with Gasteiger partial charge in [0, 0.05) is 32.4 Å². The number of methoxy groups -OCH3 is 1. The van der Waals surface area contributed by atoms with Crippen molar-refractivity contribution in [3.8, 4) is 0 Å². The van der Waals surface area contributed by atoms with Gasteiger partial charge in [-0.15, -0.1) is 0 Å². The maximum Gasteiger partial charge on any atom is 0.0772 e. The molecule has 1 aromatic carbocycles. The molecule has 18 heavy (non-hydrogen) atoms. The maximum atomic E-state index is 5.57. The molecule has 1 aliphatic heterocycles. The Bertz CT molecular complexity index is 363. The summed E-state index contributed by atoms with van der Waals surface area (Å²) in [5.74, 6) is 0.662. The largest absolute Gasteiger partial charge is 0.379 e. The van der Waals surface area contributed by atoms with Gasteiger partial charge in [-0.25, -0.2) is 0 Å². The first-order chi connectivity index (χ1) is 8.74. The molecule has 1 aliphatic rings. The Morgan fingerprint density at radius 1 is 1.33 bits per heavy atom. The van der Waals surface area contributed by atoms with E-state index in [1.165, 1.54) is 17.7 Å². The molecule has 3 nitrogen and oxygen atoms in total. The van der Waals surface area contributed by atoms with Gasteiger partial charge in [0.15, 0.2) is 0 Å². The molecule has 0 aromatic heterocycles. The smallest absolute Gasteiger partial charge is 0.0772 e. The number of hydrogen-bond donors (Lipinski definition) is 1. The Balaban J connectivity index is 2.02. The minimum absolute atomic E-state index is 0.357. The van der Waals surface area contributed by atoms with Crippen molar-refractivity contribution in [1.82, 2.24) is 5.32 Å². The summed E-state index contributed by atoms with van der Waals surface area (Å²) in [5, 5.41) is 3.17. The lowest BCUT2D eigenvalue weighted by atomic mass is 9.95. The quantitative estimate of drug-likeness (QED) is 0.884. The van der Waals surface area contributed by atoms with Crippen molar-refractivity contribution in [2.45, 2.75) is 26.0 Å². The summed E-state index contributed by atoms with van der Waals surface area (Å²) in [6.45, 7) is 5.34. The Labute approximate surface area is 110 Å². The zero-order valence-electron chi connectivity index (χ0n) is 11.6. The number of nitrogens with one attached hydrogen (secondary N) is 1. The SMILES string of the molecule is CNCc1ccc(N2CCC(C)C(OC)C2)cc1. The molecule has 0 radical (unpaired) electrons. The van der Waals surface area contributed by atoms with Crippen molar-refractivity contribution in [3.63, 3.8) is 0 Å². The third kappa shape index (κ3) is 3.03. The molecule has 3 heteroatoms. The van der Waals surface area contributed by atoms with Crippen molar-refractivity contribution in [3.05, 3.63) is 29.8 Å². The van der Waals surface area contributed by atoms with Crippen LogP contribution in [-0.2, 0) is 11.3 Å². The second-order valence-corrected chi connectivity index (χ2v) is 5.18. The standard InChI is InChI=1S/C15H24N2O/c1-12-8-9-17(11-15(12)18-3)14-6-4-13(5-7-14)10-16-2/h4-7,12,15-16H,8-11H2,1-3H3. The molecule has 0 spiro atoms. The van der Waals surface area contributed by atoms with E-state index < -0.39 is 0 Å². The molecule has 0 aliphatic carbocycles. The number of piperidine rings is 1. The number of benzene rings is 1. The van der Waals surface area contributed by atoms with Crippen LogP contribution in [0.2, 0.25) is 0 Å². The molecule has 2 rings (SSSR count). The minimum atomic E-state index is 0.357. The van der Waals surface area contributed by atoms with Gasteiger partial charge >= 0.3 is 0 Å². The van der Waals surface area contributed by atoms with Gasteiger partial charge in [0.05, 0.1) is 6.10 Å². The molecule has 2 atom stereocenters. The van der Waals surface area contributed by atoms with Crippen molar-refractivity contribution in [2.24, 2.45) is 5.92 Å². The average Bonchev–Trinajstić information content (AvgIpc) is 2.41. The van der Waals surface area contributed by atoms with Crippen molar-refractivity contribution in [2.75, 3.05) is 32.1 Å². The van der Waals surface area contributed by atoms with Crippen LogP contribution in [0.25, 0.3) is 0 Å². The third-order valence-corrected chi connectivity index (χ3v) is 3.87. The van der Waals surface area contributed by atoms with E-state index in [9.17, 15) is 0 Å². The van der Waals surface area contributed by atoms with Crippen LogP contribution in [0.15, 0.2) is 24.3 Å². The van der Waals surface area contributed by atoms with Gasteiger partial charge in [-0.2, -0.15) is 0 Å². The van der Waals surface area contributed by atoms with Gasteiger partial charge in [-0.1, -0.05) is 19.1 Å². The Kier molecular flexibility index (Phi) is 4.61. The molecular formula is C15H24N2O. The molecule has 0 amide bonds. The van der Waals surface area contributed by atoms with E-state index in [0.29, 0.717) is 12.0 Å². The van der Waals surface area contributed by atoms with E-state index in [0.717, 1.165) is 19.6 Å². The lowest BCUT2D eigenvalue weighted by Crippen LogP contribution is -2.43. The highest BCUT2D eigenvalue weighted by Crippen LogP contribution is 2.25. The normalized spacial score (nSPS) is 24.3. The van der Waals surface area contributed by atoms with Gasteiger partial charge in [0.2, 0.25) is 0 Å². The van der Waals surface area contributed by atoms with Crippen LogP contribution < -0.4 is 10.2 Å². The van der Waals surface area contributed by atoms with Crippen LogP contribution in [0.5, 0.6) is 0 Å². The zero-order chi connectivity index (χ0) is 13.0. The summed E-state index contributed by atoms with van der Waals surface area (Å²) >= 11 is 0. The summed E-state index contributed by atoms with van der Waals surface area (Å²) in [6.07, 6.45) is 1.56. The van der Waals surface area contributed by atoms with Crippen LogP contribution >= 0.6 is 0 Å². The minimum Gasteiger partial charge on any atom is -0.379 e. The Hall–Kier alpha value is -1.06. The molecule has 100 valence electrons. The fourth-order valence-corrected chi connectivity index (χ4v) is 2.60.